The van der Waals surface area contributed by atoms with Crippen LogP contribution < -0.4 is 0 Å². The molecule has 2 aromatic heterocycles. The van der Waals surface area contributed by atoms with Crippen LogP contribution in [0.5, 0.6) is 0 Å². The first-order chi connectivity index (χ1) is 6.52. The minimum Gasteiger partial charge on any atom is -0.232 e. The Morgan fingerprint density at radius 1 is 1.58 bits per heavy atom. The number of rotatable bonds is 0. The van der Waals surface area contributed by atoms with E-state index in [9.17, 15) is 0 Å². The molecule has 2 rings (SSSR count). The maximum Gasteiger partial charge on any atom is 0.156 e. The largest absolute Gasteiger partial charge is 0.232 e. The lowest BCUT2D eigenvalue weighted by Crippen LogP contribution is -1.92. The highest BCUT2D eigenvalue weighted by molar-refractivity contribution is 9.10. The van der Waals surface area contributed by atoms with E-state index in [1.807, 2.05) is 0 Å². The van der Waals surface area contributed by atoms with Crippen molar-refractivity contribution in [3.63, 3.8) is 0 Å². The van der Waals surface area contributed by atoms with Gasteiger partial charge in [0.1, 0.15) is 4.60 Å². The van der Waals surface area contributed by atoms with E-state index in [0.717, 1.165) is 5.56 Å². The van der Waals surface area contributed by atoms with Crippen molar-refractivity contribution in [3.05, 3.63) is 28.1 Å². The lowest BCUT2D eigenvalue weighted by atomic mass is 10.3. The van der Waals surface area contributed by atoms with Gasteiger partial charge in [-0.2, -0.15) is 5.10 Å². The number of imidazole rings is 1. The van der Waals surface area contributed by atoms with E-state index in [4.69, 9.17) is 2.74 Å². The smallest absolute Gasteiger partial charge is 0.156 e. The third-order valence-corrected chi connectivity index (χ3v) is 1.91. The van der Waals surface area contributed by atoms with Crippen molar-refractivity contribution in [1.82, 2.24) is 14.6 Å². The van der Waals surface area contributed by atoms with Crippen LogP contribution in [0.15, 0.2) is 16.8 Å². The van der Waals surface area contributed by atoms with Crippen LogP contribution >= 0.6 is 15.9 Å². The second-order valence-electron chi connectivity index (χ2n) is 2.59. The number of fused-ring (bicyclic) bond motifs is 1. The summed E-state index contributed by atoms with van der Waals surface area (Å²) in [6, 6.07) is 0.322. The molecule has 0 bridgehead atoms. The first kappa shape index (κ1) is 5.70. The summed E-state index contributed by atoms with van der Waals surface area (Å²) in [5.41, 5.74) is 1.94. The molecule has 0 atom stereocenters. The fourth-order valence-electron chi connectivity index (χ4n) is 1.08. The van der Waals surface area contributed by atoms with Crippen molar-refractivity contribution in [2.75, 3.05) is 0 Å². The summed E-state index contributed by atoms with van der Waals surface area (Å²) in [5, 5.41) is 4.05. The van der Waals surface area contributed by atoms with E-state index in [1.54, 1.807) is 13.8 Å². The second kappa shape index (κ2) is 2.55. The van der Waals surface area contributed by atoms with Crippen molar-refractivity contribution in [1.29, 1.82) is 0 Å². The van der Waals surface area contributed by atoms with Crippen molar-refractivity contribution < 1.29 is 2.74 Å². The lowest BCUT2D eigenvalue weighted by molar-refractivity contribution is 0.907. The van der Waals surface area contributed by atoms with Crippen molar-refractivity contribution >= 4 is 21.6 Å². The van der Waals surface area contributed by atoms with Gasteiger partial charge in [-0.3, -0.25) is 0 Å². The van der Waals surface area contributed by atoms with E-state index in [-0.39, 0.29) is 6.17 Å². The predicted molar refractivity (Wildman–Crippen MR) is 50.2 cm³/mol. The quantitative estimate of drug-likeness (QED) is 0.691. The molecule has 12 heavy (non-hydrogen) atoms. The van der Waals surface area contributed by atoms with Gasteiger partial charge in [0.15, 0.2) is 5.65 Å². The molecule has 0 fully saturated rings. The molecule has 2 aromatic rings. The molecule has 2 heterocycles. The molecule has 0 unspecified atom stereocenters. The van der Waals surface area contributed by atoms with Crippen LogP contribution in [-0.4, -0.2) is 14.6 Å². The second-order valence-corrected chi connectivity index (χ2v) is 3.34. The molecule has 0 saturated heterocycles. The van der Waals surface area contributed by atoms with Gasteiger partial charge in [0.2, 0.25) is 0 Å². The van der Waals surface area contributed by atoms with Gasteiger partial charge in [0.05, 0.1) is 14.6 Å². The lowest BCUT2D eigenvalue weighted by Gasteiger charge is -1.96. The Balaban J connectivity index is 2.98. The van der Waals surface area contributed by atoms with Gasteiger partial charge in [-0.15, -0.1) is 0 Å². The SMILES string of the molecule is [2H]c1c(Br)nn2c([2H])c(C)nc2c1C. The van der Waals surface area contributed by atoms with Crippen LogP contribution in [0.3, 0.4) is 0 Å². The third-order valence-electron chi connectivity index (χ3n) is 1.56. The van der Waals surface area contributed by atoms with Crippen LogP contribution in [0.1, 0.15) is 14.0 Å². The Bertz CT molecular complexity index is 521. The van der Waals surface area contributed by atoms with Gasteiger partial charge in [-0.05, 0) is 41.4 Å². The highest BCUT2D eigenvalue weighted by Crippen LogP contribution is 2.13. The summed E-state index contributed by atoms with van der Waals surface area (Å²) >= 11 is 3.18. The number of hydrogen-bond donors (Lipinski definition) is 0. The molecule has 0 aliphatic carbocycles. The molecule has 0 saturated carbocycles. The Kier molecular flexibility index (Phi) is 1.21. The van der Waals surface area contributed by atoms with Gasteiger partial charge in [0, 0.05) is 0 Å². The summed E-state index contributed by atoms with van der Waals surface area (Å²) in [6.07, 6.45) is 0.267. The average Bonchev–Trinajstić information content (AvgIpc) is 2.42. The molecule has 62 valence electrons. The standard InChI is InChI=1S/C8H8BrN3/c1-5-3-7(9)11-12-4-6(2)10-8(5)12/h3-4H,1-2H3/i3D,4D. The number of aromatic nitrogens is 3. The molecule has 0 aromatic carbocycles. The summed E-state index contributed by atoms with van der Waals surface area (Å²) in [5.74, 6) is 0. The first-order valence-corrected chi connectivity index (χ1v) is 4.30. The molecule has 0 aliphatic heterocycles. The van der Waals surface area contributed by atoms with E-state index in [0.29, 0.717) is 22.0 Å². The zero-order chi connectivity index (χ0) is 10.5. The Morgan fingerprint density at radius 3 is 3.08 bits per heavy atom. The Labute approximate surface area is 81.4 Å². The highest BCUT2D eigenvalue weighted by atomic mass is 79.9. The van der Waals surface area contributed by atoms with Crippen LogP contribution in [0.2, 0.25) is 0 Å². The van der Waals surface area contributed by atoms with E-state index in [1.165, 1.54) is 4.52 Å². The van der Waals surface area contributed by atoms with Crippen molar-refractivity contribution in [2.45, 2.75) is 13.8 Å². The maximum atomic E-state index is 7.69. The van der Waals surface area contributed by atoms with E-state index in [2.05, 4.69) is 26.0 Å². The fourth-order valence-corrected chi connectivity index (χ4v) is 1.53. The Morgan fingerprint density at radius 2 is 2.33 bits per heavy atom. The van der Waals surface area contributed by atoms with Crippen LogP contribution in [0.4, 0.5) is 0 Å². The van der Waals surface area contributed by atoms with Crippen molar-refractivity contribution in [3.8, 4) is 0 Å². The highest BCUT2D eigenvalue weighted by Gasteiger charge is 2.02. The summed E-state index contributed by atoms with van der Waals surface area (Å²) in [4.78, 5) is 4.19. The Hall–Kier alpha value is -0.900. The predicted octanol–water partition coefficient (Wildman–Crippen LogP) is 2.11. The van der Waals surface area contributed by atoms with Gasteiger partial charge >= 0.3 is 0 Å². The summed E-state index contributed by atoms with van der Waals surface area (Å²) < 4.78 is 17.2. The van der Waals surface area contributed by atoms with Gasteiger partial charge in [-0.1, -0.05) is 0 Å². The molecule has 0 N–H and O–H groups in total. The van der Waals surface area contributed by atoms with Crippen LogP contribution in [0.25, 0.3) is 5.65 Å². The molecular weight excluding hydrogens is 218 g/mol. The van der Waals surface area contributed by atoms with Crippen LogP contribution in [-0.2, 0) is 0 Å². The normalized spacial score (nSPS) is 13.2. The summed E-state index contributed by atoms with van der Waals surface area (Å²) in [7, 11) is 0. The van der Waals surface area contributed by atoms with Gasteiger partial charge < -0.3 is 0 Å². The number of nitrogens with zero attached hydrogens (tertiary/aromatic N) is 3. The molecular formula is C8H8BrN3. The molecule has 0 aliphatic rings. The minimum absolute atomic E-state index is 0.267. The minimum atomic E-state index is 0.267. The van der Waals surface area contributed by atoms with E-state index < -0.39 is 0 Å². The number of halogens is 1. The molecule has 0 radical (unpaired) electrons. The topological polar surface area (TPSA) is 30.2 Å². The zero-order valence-corrected chi connectivity index (χ0v) is 8.31. The average molecular weight is 228 g/mol. The number of hydrogen-bond acceptors (Lipinski definition) is 2. The molecule has 3 nitrogen and oxygen atoms in total. The molecule has 0 spiro atoms. The maximum absolute atomic E-state index is 7.69. The third kappa shape index (κ3) is 1.12. The first-order valence-electron chi connectivity index (χ1n) is 4.51. The van der Waals surface area contributed by atoms with E-state index >= 15 is 0 Å². The molecule has 4 heteroatoms. The van der Waals surface area contributed by atoms with Gasteiger partial charge in [-0.25, -0.2) is 9.50 Å². The number of aryl methyl sites for hydroxylation is 2. The monoisotopic (exact) mass is 227 g/mol. The van der Waals surface area contributed by atoms with Gasteiger partial charge in [0.25, 0.3) is 0 Å². The summed E-state index contributed by atoms with van der Waals surface area (Å²) in [6.45, 7) is 3.56. The zero-order valence-electron chi connectivity index (χ0n) is 8.72. The van der Waals surface area contributed by atoms with Crippen molar-refractivity contribution in [2.24, 2.45) is 0 Å². The van der Waals surface area contributed by atoms with Crippen LogP contribution in [0, 0.1) is 13.8 Å². The fraction of sp³-hybridized carbons (Fsp3) is 0.250. The molecule has 0 amide bonds.